The van der Waals surface area contributed by atoms with Gasteiger partial charge < -0.3 is 14.9 Å². The van der Waals surface area contributed by atoms with Crippen LogP contribution in [0.4, 0.5) is 0 Å². The number of hydrogen-bond donors (Lipinski definition) is 2. The zero-order valence-electron chi connectivity index (χ0n) is 12.0. The molecule has 0 saturated heterocycles. The summed E-state index contributed by atoms with van der Waals surface area (Å²) in [5, 5.41) is 16.7. The van der Waals surface area contributed by atoms with Gasteiger partial charge in [-0.3, -0.25) is 5.10 Å². The Morgan fingerprint density at radius 3 is 2.74 bits per heavy atom. The number of furan rings is 1. The topological polar surface area (TPSA) is 101 Å². The maximum Gasteiger partial charge on any atom is 0.244 e. The number of aromatic nitrogens is 2. The van der Waals surface area contributed by atoms with Crippen molar-refractivity contribution in [2.45, 2.75) is 5.92 Å². The van der Waals surface area contributed by atoms with Crippen molar-refractivity contribution < 1.29 is 9.15 Å². The first-order valence-electron chi connectivity index (χ1n) is 7.03. The lowest BCUT2D eigenvalue weighted by atomic mass is 9.84. The van der Waals surface area contributed by atoms with E-state index in [1.165, 1.54) is 0 Å². The number of ether oxygens (including phenoxy) is 1. The Balaban J connectivity index is 1.96. The van der Waals surface area contributed by atoms with Crippen LogP contribution in [0.2, 0.25) is 0 Å². The number of hydrogen-bond acceptors (Lipinski definition) is 5. The van der Waals surface area contributed by atoms with Crippen LogP contribution in [0.3, 0.4) is 0 Å². The minimum Gasteiger partial charge on any atom is -0.472 e. The van der Waals surface area contributed by atoms with Crippen molar-refractivity contribution >= 4 is 0 Å². The van der Waals surface area contributed by atoms with Gasteiger partial charge in [0.1, 0.15) is 11.6 Å². The number of benzene rings is 1. The minimum atomic E-state index is -0.378. The van der Waals surface area contributed by atoms with E-state index in [1.807, 2.05) is 36.4 Å². The quantitative estimate of drug-likeness (QED) is 0.758. The van der Waals surface area contributed by atoms with Gasteiger partial charge in [-0.25, -0.2) is 0 Å². The van der Waals surface area contributed by atoms with Gasteiger partial charge in [0.15, 0.2) is 0 Å². The van der Waals surface area contributed by atoms with E-state index in [9.17, 15) is 5.26 Å². The fourth-order valence-electron chi connectivity index (χ4n) is 2.84. The van der Waals surface area contributed by atoms with Crippen LogP contribution >= 0.6 is 0 Å². The van der Waals surface area contributed by atoms with Gasteiger partial charge in [0, 0.05) is 5.56 Å². The molecular formula is C17H12N4O2. The number of rotatable bonds is 2. The molecule has 3 aromatic rings. The molecule has 0 bridgehead atoms. The van der Waals surface area contributed by atoms with Crippen molar-refractivity contribution in [3.8, 4) is 23.2 Å². The summed E-state index contributed by atoms with van der Waals surface area (Å²) in [6.07, 6.45) is 3.17. The molecule has 0 aliphatic carbocycles. The van der Waals surface area contributed by atoms with Crippen molar-refractivity contribution in [3.05, 3.63) is 71.5 Å². The van der Waals surface area contributed by atoms with E-state index in [0.717, 1.165) is 22.4 Å². The van der Waals surface area contributed by atoms with Gasteiger partial charge in [-0.2, -0.15) is 5.26 Å². The van der Waals surface area contributed by atoms with Gasteiger partial charge in [0.2, 0.25) is 11.8 Å². The third kappa shape index (κ3) is 1.99. The molecular weight excluding hydrogens is 292 g/mol. The summed E-state index contributed by atoms with van der Waals surface area (Å²) in [5.41, 5.74) is 9.60. The highest BCUT2D eigenvalue weighted by Crippen LogP contribution is 2.45. The Kier molecular flexibility index (Phi) is 2.91. The summed E-state index contributed by atoms with van der Waals surface area (Å²) >= 11 is 0. The van der Waals surface area contributed by atoms with Crippen LogP contribution in [0.25, 0.3) is 11.3 Å². The minimum absolute atomic E-state index is 0.0670. The van der Waals surface area contributed by atoms with Gasteiger partial charge in [0.25, 0.3) is 0 Å². The molecule has 6 heteroatoms. The average molecular weight is 304 g/mol. The lowest BCUT2D eigenvalue weighted by Gasteiger charge is -2.22. The molecule has 1 atom stereocenters. The van der Waals surface area contributed by atoms with Crippen LogP contribution < -0.4 is 10.5 Å². The van der Waals surface area contributed by atoms with Crippen molar-refractivity contribution in [2.24, 2.45) is 5.73 Å². The number of nitriles is 1. The zero-order valence-corrected chi connectivity index (χ0v) is 12.0. The van der Waals surface area contributed by atoms with Crippen LogP contribution in [0.1, 0.15) is 17.0 Å². The molecule has 0 fully saturated rings. The van der Waals surface area contributed by atoms with Crippen LogP contribution in [0.5, 0.6) is 5.88 Å². The third-order valence-corrected chi connectivity index (χ3v) is 3.88. The molecule has 1 aliphatic heterocycles. The molecule has 2 aromatic heterocycles. The molecule has 0 spiro atoms. The van der Waals surface area contributed by atoms with Crippen LogP contribution in [0.15, 0.2) is 64.8 Å². The van der Waals surface area contributed by atoms with E-state index in [4.69, 9.17) is 14.9 Å². The van der Waals surface area contributed by atoms with E-state index in [1.54, 1.807) is 12.5 Å². The van der Waals surface area contributed by atoms with E-state index in [2.05, 4.69) is 16.3 Å². The Morgan fingerprint density at radius 2 is 2.04 bits per heavy atom. The Labute approximate surface area is 131 Å². The summed E-state index contributed by atoms with van der Waals surface area (Å²) in [5.74, 6) is 0.0697. The molecule has 1 aliphatic rings. The van der Waals surface area contributed by atoms with Crippen molar-refractivity contribution in [2.75, 3.05) is 0 Å². The first kappa shape index (κ1) is 13.2. The SMILES string of the molecule is N#CC1=C(N)Oc2n[nH]c(-c3ccccc3)c2[C@@H]1c1ccoc1. The molecule has 23 heavy (non-hydrogen) atoms. The van der Waals surface area contributed by atoms with E-state index >= 15 is 0 Å². The summed E-state index contributed by atoms with van der Waals surface area (Å²) in [4.78, 5) is 0. The van der Waals surface area contributed by atoms with Crippen molar-refractivity contribution in [1.82, 2.24) is 10.2 Å². The summed E-state index contributed by atoms with van der Waals surface area (Å²) in [7, 11) is 0. The van der Waals surface area contributed by atoms with Gasteiger partial charge in [-0.1, -0.05) is 30.3 Å². The van der Waals surface area contributed by atoms with Crippen molar-refractivity contribution in [1.29, 1.82) is 5.26 Å². The first-order valence-corrected chi connectivity index (χ1v) is 7.03. The second kappa shape index (κ2) is 5.07. The third-order valence-electron chi connectivity index (χ3n) is 3.88. The highest BCUT2D eigenvalue weighted by Gasteiger charge is 2.35. The maximum atomic E-state index is 9.53. The largest absolute Gasteiger partial charge is 0.472 e. The zero-order chi connectivity index (χ0) is 15.8. The van der Waals surface area contributed by atoms with Crippen LogP contribution in [0, 0.1) is 11.3 Å². The normalized spacial score (nSPS) is 16.6. The number of nitrogens with zero attached hydrogens (tertiary/aromatic N) is 2. The number of allylic oxidation sites excluding steroid dienone is 1. The monoisotopic (exact) mass is 304 g/mol. The molecule has 3 heterocycles. The second-order valence-corrected chi connectivity index (χ2v) is 5.16. The molecule has 6 nitrogen and oxygen atoms in total. The first-order chi connectivity index (χ1) is 11.3. The molecule has 0 saturated carbocycles. The molecule has 112 valence electrons. The molecule has 0 amide bonds. The number of aromatic amines is 1. The Bertz CT molecular complexity index is 917. The highest BCUT2D eigenvalue weighted by atomic mass is 16.5. The fraction of sp³-hybridized carbons (Fsp3) is 0.0588. The number of H-pyrrole nitrogens is 1. The van der Waals surface area contributed by atoms with Crippen molar-refractivity contribution in [3.63, 3.8) is 0 Å². The van der Waals surface area contributed by atoms with Gasteiger partial charge >= 0.3 is 0 Å². The van der Waals surface area contributed by atoms with Crippen LogP contribution in [-0.4, -0.2) is 10.2 Å². The molecule has 0 radical (unpaired) electrons. The summed E-state index contributed by atoms with van der Waals surface area (Å²) in [6, 6.07) is 13.7. The number of nitrogens with one attached hydrogen (secondary N) is 1. The Morgan fingerprint density at radius 1 is 1.22 bits per heavy atom. The highest BCUT2D eigenvalue weighted by molar-refractivity contribution is 5.70. The van der Waals surface area contributed by atoms with Crippen LogP contribution in [-0.2, 0) is 0 Å². The van der Waals surface area contributed by atoms with Gasteiger partial charge in [0.05, 0.1) is 29.7 Å². The predicted octanol–water partition coefficient (Wildman–Crippen LogP) is 2.89. The lowest BCUT2D eigenvalue weighted by molar-refractivity contribution is 0.378. The fourth-order valence-corrected chi connectivity index (χ4v) is 2.84. The molecule has 3 N–H and O–H groups in total. The van der Waals surface area contributed by atoms with Gasteiger partial charge in [-0.05, 0) is 11.6 Å². The standard InChI is InChI=1S/C17H12N4O2/c18-8-12-13(11-6-7-22-9-11)14-15(10-4-2-1-3-5-10)20-21-17(14)23-16(12)19/h1-7,9,13H,19H2,(H,20,21)/t13-/m1/s1. The van der Waals surface area contributed by atoms with E-state index < -0.39 is 0 Å². The smallest absolute Gasteiger partial charge is 0.244 e. The summed E-state index contributed by atoms with van der Waals surface area (Å²) in [6.45, 7) is 0. The molecule has 4 rings (SSSR count). The van der Waals surface area contributed by atoms with E-state index in [-0.39, 0.29) is 11.8 Å². The predicted molar refractivity (Wildman–Crippen MR) is 82.0 cm³/mol. The summed E-state index contributed by atoms with van der Waals surface area (Å²) < 4.78 is 10.7. The lowest BCUT2D eigenvalue weighted by Crippen LogP contribution is -2.20. The van der Waals surface area contributed by atoms with E-state index in [0.29, 0.717) is 11.5 Å². The average Bonchev–Trinajstić information content (AvgIpc) is 3.24. The molecule has 1 aromatic carbocycles. The maximum absolute atomic E-state index is 9.53. The second-order valence-electron chi connectivity index (χ2n) is 5.16. The van der Waals surface area contributed by atoms with Gasteiger partial charge in [-0.15, -0.1) is 5.10 Å². The number of fused-ring (bicyclic) bond motifs is 1. The number of nitrogens with two attached hydrogens (primary N) is 1. The Hall–Kier alpha value is -3.46. The molecule has 0 unspecified atom stereocenters.